The molecule has 3 rings (SSSR count). The monoisotopic (exact) mass is 420 g/mol. The van der Waals surface area contributed by atoms with Crippen LogP contribution in [0.2, 0.25) is 0 Å². The lowest BCUT2D eigenvalue weighted by molar-refractivity contribution is -0.141. The largest absolute Gasteiger partial charge is 0.498 e. The second-order valence-electron chi connectivity index (χ2n) is 9.33. The van der Waals surface area contributed by atoms with Crippen LogP contribution >= 0.6 is 0 Å². The minimum Gasteiger partial charge on any atom is -0.399 e. The van der Waals surface area contributed by atoms with Gasteiger partial charge in [0, 0.05) is 37.0 Å². The second kappa shape index (κ2) is 8.41. The van der Waals surface area contributed by atoms with Gasteiger partial charge in [0.1, 0.15) is 0 Å². The highest BCUT2D eigenvalue weighted by molar-refractivity contribution is 6.61. The number of hydrogen-bond donors (Lipinski definition) is 2. The number of rotatable bonds is 6. The topological polar surface area (TPSA) is 108 Å². The third-order valence-corrected chi connectivity index (χ3v) is 6.30. The van der Waals surface area contributed by atoms with Gasteiger partial charge in [-0.05, 0) is 48.0 Å². The first-order valence-corrected chi connectivity index (χ1v) is 10.5. The van der Waals surface area contributed by atoms with Gasteiger partial charge in [0.05, 0.1) is 23.9 Å². The number of aliphatic hydroxyl groups is 2. The Morgan fingerprint density at radius 1 is 1.27 bits per heavy atom. The van der Waals surface area contributed by atoms with Crippen molar-refractivity contribution in [1.29, 1.82) is 0 Å². The highest BCUT2D eigenvalue weighted by Crippen LogP contribution is 2.36. The number of amides is 1. The maximum atomic E-state index is 12.2. The molecule has 0 bridgehead atoms. The summed E-state index contributed by atoms with van der Waals surface area (Å²) in [5.74, 6) is 0.132. The number of carbonyl (C=O) groups excluding carboxylic acids is 1. The van der Waals surface area contributed by atoms with Crippen molar-refractivity contribution in [3.63, 3.8) is 0 Å². The summed E-state index contributed by atoms with van der Waals surface area (Å²) in [6.07, 6.45) is 2.83. The molecule has 2 atom stereocenters. The fourth-order valence-corrected chi connectivity index (χ4v) is 3.84. The Balaban J connectivity index is 1.73. The van der Waals surface area contributed by atoms with Crippen LogP contribution in [0, 0.1) is 0 Å². The Morgan fingerprint density at radius 3 is 2.33 bits per heavy atom. The molecule has 2 saturated heterocycles. The van der Waals surface area contributed by atoms with Crippen molar-refractivity contribution < 1.29 is 24.3 Å². The molecule has 10 heteroatoms. The number of carbonyl (C=O) groups is 1. The molecule has 0 radical (unpaired) electrons. The molecule has 1 amide bonds. The van der Waals surface area contributed by atoms with Gasteiger partial charge in [0.15, 0.2) is 6.10 Å². The van der Waals surface area contributed by atoms with E-state index < -0.39 is 36.9 Å². The fourth-order valence-electron chi connectivity index (χ4n) is 3.84. The van der Waals surface area contributed by atoms with Crippen molar-refractivity contribution in [2.75, 3.05) is 24.6 Å². The second-order valence-corrected chi connectivity index (χ2v) is 9.33. The third-order valence-electron chi connectivity index (χ3n) is 6.30. The van der Waals surface area contributed by atoms with Gasteiger partial charge in [-0.1, -0.05) is 0 Å². The van der Waals surface area contributed by atoms with Crippen molar-refractivity contribution in [3.8, 4) is 0 Å². The van der Waals surface area contributed by atoms with Gasteiger partial charge in [0.2, 0.25) is 5.95 Å². The molecule has 2 fully saturated rings. The van der Waals surface area contributed by atoms with Crippen molar-refractivity contribution in [3.05, 3.63) is 12.4 Å². The highest BCUT2D eigenvalue weighted by atomic mass is 16.7. The number of nitrogens with zero attached hydrogens (tertiary/aromatic N) is 4. The molecule has 0 aromatic carbocycles. The Labute approximate surface area is 178 Å². The van der Waals surface area contributed by atoms with Crippen LogP contribution in [0.4, 0.5) is 5.95 Å². The minimum atomic E-state index is -1.37. The number of anilines is 1. The number of aromatic nitrogens is 2. The third kappa shape index (κ3) is 4.32. The van der Waals surface area contributed by atoms with Crippen LogP contribution in [0.3, 0.4) is 0 Å². The maximum Gasteiger partial charge on any atom is 0.498 e. The maximum absolute atomic E-state index is 12.2. The van der Waals surface area contributed by atoms with Crippen molar-refractivity contribution in [2.45, 2.75) is 77.4 Å². The summed E-state index contributed by atoms with van der Waals surface area (Å²) in [5, 5.41) is 18.7. The van der Waals surface area contributed by atoms with Gasteiger partial charge in [-0.25, -0.2) is 9.97 Å². The van der Waals surface area contributed by atoms with Gasteiger partial charge in [0.25, 0.3) is 5.91 Å². The van der Waals surface area contributed by atoms with E-state index in [0.29, 0.717) is 19.0 Å². The van der Waals surface area contributed by atoms with Crippen LogP contribution in [0.1, 0.15) is 48.0 Å². The van der Waals surface area contributed by atoms with E-state index in [1.807, 2.05) is 27.7 Å². The van der Waals surface area contributed by atoms with Gasteiger partial charge in [-0.3, -0.25) is 4.79 Å². The minimum absolute atomic E-state index is 0.0301. The lowest BCUT2D eigenvalue weighted by atomic mass is 9.81. The Hall–Kier alpha value is -1.75. The molecule has 1 aromatic heterocycles. The summed E-state index contributed by atoms with van der Waals surface area (Å²) < 4.78 is 12.1. The molecule has 3 heterocycles. The molecule has 30 heavy (non-hydrogen) atoms. The molecule has 1 unspecified atom stereocenters. The molecule has 0 saturated carbocycles. The molecule has 2 aliphatic heterocycles. The normalized spacial score (nSPS) is 23.8. The number of likely N-dealkylation sites (tertiary alicyclic amines) is 1. The lowest BCUT2D eigenvalue weighted by Gasteiger charge is -2.33. The Kier molecular flexibility index (Phi) is 6.43. The summed E-state index contributed by atoms with van der Waals surface area (Å²) >= 11 is 0. The van der Waals surface area contributed by atoms with Crippen LogP contribution < -0.4 is 10.4 Å². The summed E-state index contributed by atoms with van der Waals surface area (Å²) in [7, 11) is -0.517. The number of hydrogen-bond acceptors (Lipinski definition) is 8. The van der Waals surface area contributed by atoms with E-state index in [1.54, 1.807) is 17.3 Å². The molecule has 1 aromatic rings. The quantitative estimate of drug-likeness (QED) is 0.617. The van der Waals surface area contributed by atoms with E-state index in [0.717, 1.165) is 11.9 Å². The summed E-state index contributed by atoms with van der Waals surface area (Å²) in [6.45, 7) is 12.5. The van der Waals surface area contributed by atoms with Gasteiger partial charge in [-0.15, -0.1) is 0 Å². The smallest absolute Gasteiger partial charge is 0.399 e. The van der Waals surface area contributed by atoms with Crippen LogP contribution in [-0.2, 0) is 14.1 Å². The summed E-state index contributed by atoms with van der Waals surface area (Å²) in [6, 6.07) is 0.151. The number of aliphatic hydroxyl groups excluding tert-OH is 2. The molecule has 9 nitrogen and oxygen atoms in total. The average molecular weight is 420 g/mol. The van der Waals surface area contributed by atoms with Crippen LogP contribution in [0.5, 0.6) is 0 Å². The predicted molar refractivity (Wildman–Crippen MR) is 113 cm³/mol. The fraction of sp³-hybridized carbons (Fsp3) is 0.750. The van der Waals surface area contributed by atoms with E-state index in [1.165, 1.54) is 0 Å². The SMILES string of the molecule is CC(C)N(c1ncc(B2OC(C)(C)C(C)(C)O2)cn1)[C@H]1CCN(C(=O)C(O)CO)C1. The molecular weight excluding hydrogens is 387 g/mol. The standard InChI is InChI=1S/C20H33BN4O5/c1-13(2)25(15-7-8-24(11-15)17(28)16(27)12-26)18-22-9-14(10-23-18)21-29-19(3,4)20(5,6)30-21/h9-10,13,15-16,26-27H,7-8,11-12H2,1-6H3/t15-,16?/m0/s1. The van der Waals surface area contributed by atoms with E-state index in [9.17, 15) is 9.90 Å². The van der Waals surface area contributed by atoms with Gasteiger partial charge >= 0.3 is 7.12 Å². The van der Waals surface area contributed by atoms with E-state index in [4.69, 9.17) is 14.4 Å². The molecule has 2 N–H and O–H groups in total. The summed E-state index contributed by atoms with van der Waals surface area (Å²) in [5.41, 5.74) is -0.103. The van der Waals surface area contributed by atoms with E-state index >= 15 is 0 Å². The molecular formula is C20H33BN4O5. The van der Waals surface area contributed by atoms with Crippen molar-refractivity contribution >= 4 is 24.4 Å². The highest BCUT2D eigenvalue weighted by Gasteiger charge is 2.52. The molecule has 2 aliphatic rings. The zero-order valence-electron chi connectivity index (χ0n) is 18.7. The van der Waals surface area contributed by atoms with E-state index in [-0.39, 0.29) is 12.1 Å². The average Bonchev–Trinajstić information content (AvgIpc) is 3.23. The first-order chi connectivity index (χ1) is 14.0. The Morgan fingerprint density at radius 2 is 1.83 bits per heavy atom. The van der Waals surface area contributed by atoms with Gasteiger partial charge in [-0.2, -0.15) is 0 Å². The zero-order chi connectivity index (χ0) is 22.3. The Bertz CT molecular complexity index is 742. The lowest BCUT2D eigenvalue weighted by Crippen LogP contribution is -2.46. The zero-order valence-corrected chi connectivity index (χ0v) is 18.7. The first kappa shape index (κ1) is 22.9. The molecule has 166 valence electrons. The first-order valence-electron chi connectivity index (χ1n) is 10.5. The van der Waals surface area contributed by atoms with Crippen LogP contribution in [0.15, 0.2) is 12.4 Å². The van der Waals surface area contributed by atoms with Crippen LogP contribution in [0.25, 0.3) is 0 Å². The molecule has 0 spiro atoms. The predicted octanol–water partition coefficient (Wildman–Crippen LogP) is -0.0553. The summed E-state index contributed by atoms with van der Waals surface area (Å²) in [4.78, 5) is 25.0. The van der Waals surface area contributed by atoms with Gasteiger partial charge < -0.3 is 29.3 Å². The van der Waals surface area contributed by atoms with Crippen molar-refractivity contribution in [2.24, 2.45) is 0 Å². The molecule has 0 aliphatic carbocycles. The van der Waals surface area contributed by atoms with E-state index in [2.05, 4.69) is 28.7 Å². The van der Waals surface area contributed by atoms with Crippen molar-refractivity contribution in [1.82, 2.24) is 14.9 Å². The van der Waals surface area contributed by atoms with Crippen LogP contribution in [-0.4, -0.2) is 87.2 Å².